The van der Waals surface area contributed by atoms with Gasteiger partial charge in [0.25, 0.3) is 0 Å². The first-order valence-corrected chi connectivity index (χ1v) is 5.63. The summed E-state index contributed by atoms with van der Waals surface area (Å²) < 4.78 is 1.74. The molecule has 1 aromatic heterocycles. The highest BCUT2D eigenvalue weighted by Crippen LogP contribution is 2.26. The molecule has 1 saturated carbocycles. The van der Waals surface area contributed by atoms with Crippen molar-refractivity contribution in [1.29, 1.82) is 0 Å². The Balaban J connectivity index is 1.92. The predicted octanol–water partition coefficient (Wildman–Crippen LogP) is 1.48. The van der Waals surface area contributed by atoms with Gasteiger partial charge in [-0.25, -0.2) is 0 Å². The molecule has 2 rings (SSSR count). The summed E-state index contributed by atoms with van der Waals surface area (Å²) in [5.74, 6) is -0.861. The van der Waals surface area contributed by atoms with Crippen molar-refractivity contribution in [3.63, 3.8) is 0 Å². The molecule has 0 saturated heterocycles. The number of nitrogens with zero attached hydrogens (tertiary/aromatic N) is 2. The van der Waals surface area contributed by atoms with E-state index >= 15 is 0 Å². The summed E-state index contributed by atoms with van der Waals surface area (Å²) in [6.07, 6.45) is 7.22. The molecule has 2 unspecified atom stereocenters. The lowest BCUT2D eigenvalue weighted by molar-refractivity contribution is -0.142. The van der Waals surface area contributed by atoms with E-state index in [1.165, 1.54) is 0 Å². The van der Waals surface area contributed by atoms with Gasteiger partial charge in [-0.1, -0.05) is 6.42 Å². The number of rotatable bonds is 3. The first-order chi connectivity index (χ1) is 7.65. The Morgan fingerprint density at radius 1 is 1.62 bits per heavy atom. The van der Waals surface area contributed by atoms with Crippen molar-refractivity contribution in [2.24, 2.45) is 13.0 Å². The molecule has 0 amide bonds. The summed E-state index contributed by atoms with van der Waals surface area (Å²) >= 11 is 0. The van der Waals surface area contributed by atoms with E-state index in [1.807, 2.05) is 13.2 Å². The third kappa shape index (κ3) is 2.53. The lowest BCUT2D eigenvalue weighted by atomic mass is 9.86. The molecule has 0 aromatic carbocycles. The number of aryl methyl sites for hydroxylation is 1. The van der Waals surface area contributed by atoms with Crippen LogP contribution < -0.4 is 5.32 Å². The maximum absolute atomic E-state index is 10.9. The average Bonchev–Trinajstić information content (AvgIpc) is 2.64. The van der Waals surface area contributed by atoms with Crippen LogP contribution in [0.15, 0.2) is 12.4 Å². The number of nitrogens with one attached hydrogen (secondary N) is 1. The number of carboxylic acid groups (broad SMARTS) is 1. The highest BCUT2D eigenvalue weighted by atomic mass is 16.4. The number of carboxylic acids is 1. The number of hydrogen-bond donors (Lipinski definition) is 2. The molecule has 1 aliphatic rings. The largest absolute Gasteiger partial charge is 0.481 e. The van der Waals surface area contributed by atoms with Gasteiger partial charge in [0.1, 0.15) is 0 Å². The molecule has 0 bridgehead atoms. The molecular formula is C11H17N3O2. The van der Waals surface area contributed by atoms with Crippen LogP contribution in [0.4, 0.5) is 5.69 Å². The molecular weight excluding hydrogens is 206 g/mol. The van der Waals surface area contributed by atoms with Crippen LogP contribution >= 0.6 is 0 Å². The molecule has 1 heterocycles. The van der Waals surface area contributed by atoms with Gasteiger partial charge in [-0.3, -0.25) is 9.48 Å². The molecule has 5 nitrogen and oxygen atoms in total. The van der Waals surface area contributed by atoms with Gasteiger partial charge in [0, 0.05) is 19.3 Å². The van der Waals surface area contributed by atoms with Gasteiger partial charge in [-0.2, -0.15) is 5.10 Å². The van der Waals surface area contributed by atoms with E-state index in [2.05, 4.69) is 10.4 Å². The van der Waals surface area contributed by atoms with E-state index in [9.17, 15) is 4.79 Å². The zero-order valence-corrected chi connectivity index (χ0v) is 9.39. The Hall–Kier alpha value is -1.52. The van der Waals surface area contributed by atoms with E-state index in [-0.39, 0.29) is 12.0 Å². The molecule has 1 aromatic rings. The number of aliphatic carboxylic acids is 1. The highest BCUT2D eigenvalue weighted by Gasteiger charge is 2.26. The molecule has 2 atom stereocenters. The zero-order chi connectivity index (χ0) is 11.5. The molecule has 5 heteroatoms. The number of carbonyl (C=O) groups is 1. The minimum Gasteiger partial charge on any atom is -0.481 e. The van der Waals surface area contributed by atoms with Crippen molar-refractivity contribution in [3.8, 4) is 0 Å². The molecule has 0 spiro atoms. The van der Waals surface area contributed by atoms with Crippen molar-refractivity contribution in [3.05, 3.63) is 12.4 Å². The summed E-state index contributed by atoms with van der Waals surface area (Å²) in [5, 5.41) is 16.4. The standard InChI is InChI=1S/C11H17N3O2/c1-14-7-10(6-12-14)13-9-4-2-3-8(5-9)11(15)16/h6-9,13H,2-5H2,1H3,(H,15,16). The summed E-state index contributed by atoms with van der Waals surface area (Å²) in [5.41, 5.74) is 0.971. The summed E-state index contributed by atoms with van der Waals surface area (Å²) in [6.45, 7) is 0. The van der Waals surface area contributed by atoms with Crippen LogP contribution in [-0.4, -0.2) is 26.9 Å². The minimum absolute atomic E-state index is 0.192. The van der Waals surface area contributed by atoms with Crippen LogP contribution in [0.5, 0.6) is 0 Å². The number of hydrogen-bond acceptors (Lipinski definition) is 3. The Labute approximate surface area is 94.5 Å². The zero-order valence-electron chi connectivity index (χ0n) is 9.39. The van der Waals surface area contributed by atoms with Gasteiger partial charge < -0.3 is 10.4 Å². The molecule has 2 N–H and O–H groups in total. The number of aromatic nitrogens is 2. The summed E-state index contributed by atoms with van der Waals surface area (Å²) in [7, 11) is 1.87. The third-order valence-corrected chi connectivity index (χ3v) is 3.10. The topological polar surface area (TPSA) is 67.2 Å². The summed E-state index contributed by atoms with van der Waals surface area (Å²) in [4.78, 5) is 10.9. The van der Waals surface area contributed by atoms with Gasteiger partial charge in [-0.05, 0) is 19.3 Å². The maximum atomic E-state index is 10.9. The summed E-state index contributed by atoms with van der Waals surface area (Å²) in [6, 6.07) is 0.263. The lowest BCUT2D eigenvalue weighted by Gasteiger charge is -2.27. The monoisotopic (exact) mass is 223 g/mol. The molecule has 1 fully saturated rings. The molecule has 1 aliphatic carbocycles. The lowest BCUT2D eigenvalue weighted by Crippen LogP contribution is -2.30. The predicted molar refractivity (Wildman–Crippen MR) is 60.2 cm³/mol. The van der Waals surface area contributed by atoms with Crippen LogP contribution in [0.3, 0.4) is 0 Å². The molecule has 16 heavy (non-hydrogen) atoms. The van der Waals surface area contributed by atoms with Crippen molar-refractivity contribution >= 4 is 11.7 Å². The minimum atomic E-state index is -0.669. The Morgan fingerprint density at radius 2 is 2.44 bits per heavy atom. The van der Waals surface area contributed by atoms with Gasteiger partial charge in [0.05, 0.1) is 17.8 Å². The van der Waals surface area contributed by atoms with Crippen LogP contribution in [-0.2, 0) is 11.8 Å². The van der Waals surface area contributed by atoms with Crippen LogP contribution in [0, 0.1) is 5.92 Å². The Morgan fingerprint density at radius 3 is 3.06 bits per heavy atom. The van der Waals surface area contributed by atoms with Crippen molar-refractivity contribution in [2.45, 2.75) is 31.7 Å². The van der Waals surface area contributed by atoms with E-state index in [0.29, 0.717) is 6.42 Å². The molecule has 0 aliphatic heterocycles. The normalized spacial score (nSPS) is 25.3. The van der Waals surface area contributed by atoms with Crippen molar-refractivity contribution < 1.29 is 9.90 Å². The van der Waals surface area contributed by atoms with E-state index in [1.54, 1.807) is 10.9 Å². The molecule has 88 valence electrons. The number of anilines is 1. The van der Waals surface area contributed by atoms with Gasteiger partial charge in [0.2, 0.25) is 0 Å². The van der Waals surface area contributed by atoms with E-state index in [0.717, 1.165) is 24.9 Å². The fraction of sp³-hybridized carbons (Fsp3) is 0.636. The third-order valence-electron chi connectivity index (χ3n) is 3.10. The SMILES string of the molecule is Cn1cc(NC2CCCC(C(=O)O)C2)cn1. The fourth-order valence-corrected chi connectivity index (χ4v) is 2.28. The first kappa shape index (κ1) is 11.0. The second kappa shape index (κ2) is 4.55. The fourth-order valence-electron chi connectivity index (χ4n) is 2.28. The van der Waals surface area contributed by atoms with Gasteiger partial charge in [-0.15, -0.1) is 0 Å². The van der Waals surface area contributed by atoms with Crippen molar-refractivity contribution in [2.75, 3.05) is 5.32 Å². The average molecular weight is 223 g/mol. The highest BCUT2D eigenvalue weighted by molar-refractivity contribution is 5.70. The van der Waals surface area contributed by atoms with Gasteiger partial charge in [0.15, 0.2) is 0 Å². The quantitative estimate of drug-likeness (QED) is 0.814. The van der Waals surface area contributed by atoms with Crippen molar-refractivity contribution in [1.82, 2.24) is 9.78 Å². The first-order valence-electron chi connectivity index (χ1n) is 5.63. The maximum Gasteiger partial charge on any atom is 0.306 e. The van der Waals surface area contributed by atoms with E-state index < -0.39 is 5.97 Å². The Bertz CT molecular complexity index is 375. The van der Waals surface area contributed by atoms with Gasteiger partial charge >= 0.3 is 5.97 Å². The smallest absolute Gasteiger partial charge is 0.306 e. The van der Waals surface area contributed by atoms with Crippen LogP contribution in [0.25, 0.3) is 0 Å². The second-order valence-corrected chi connectivity index (χ2v) is 4.45. The van der Waals surface area contributed by atoms with E-state index in [4.69, 9.17) is 5.11 Å². The second-order valence-electron chi connectivity index (χ2n) is 4.45. The van der Waals surface area contributed by atoms with Crippen LogP contribution in [0.2, 0.25) is 0 Å². The molecule has 0 radical (unpaired) electrons. The Kier molecular flexibility index (Phi) is 3.12. The van der Waals surface area contributed by atoms with Crippen LogP contribution in [0.1, 0.15) is 25.7 Å².